The number of carboxylic acids is 1. The summed E-state index contributed by atoms with van der Waals surface area (Å²) < 4.78 is 10.2. The highest BCUT2D eigenvalue weighted by atomic mass is 16.6. The minimum atomic E-state index is -1.29. The Morgan fingerprint density at radius 3 is 2.40 bits per heavy atom. The van der Waals surface area contributed by atoms with Crippen LogP contribution in [0.25, 0.3) is 0 Å². The highest BCUT2D eigenvalue weighted by molar-refractivity contribution is 5.71. The third-order valence-corrected chi connectivity index (χ3v) is 3.21. The van der Waals surface area contributed by atoms with Crippen LogP contribution in [0.3, 0.4) is 0 Å². The van der Waals surface area contributed by atoms with Crippen molar-refractivity contribution in [1.29, 1.82) is 0 Å². The van der Waals surface area contributed by atoms with Crippen molar-refractivity contribution in [1.82, 2.24) is 5.32 Å². The van der Waals surface area contributed by atoms with Gasteiger partial charge in [-0.15, -0.1) is 0 Å². The molecule has 1 rings (SSSR count). The van der Waals surface area contributed by atoms with Crippen molar-refractivity contribution >= 4 is 12.1 Å². The Balaban J connectivity index is 2.73. The molecule has 25 heavy (non-hydrogen) atoms. The predicted molar refractivity (Wildman–Crippen MR) is 89.5 cm³/mol. The van der Waals surface area contributed by atoms with Crippen LogP contribution in [-0.4, -0.2) is 52.7 Å². The Morgan fingerprint density at radius 2 is 1.88 bits per heavy atom. The van der Waals surface area contributed by atoms with E-state index in [-0.39, 0.29) is 13.0 Å². The van der Waals surface area contributed by atoms with E-state index >= 15 is 0 Å². The number of aliphatic hydroxyl groups excluding tert-OH is 2. The Bertz CT molecular complexity index is 610. The fourth-order valence-electron chi connectivity index (χ4n) is 2.09. The molecule has 1 aromatic rings. The molecule has 0 saturated carbocycles. The fraction of sp³-hybridized carbons (Fsp3) is 0.529. The molecule has 1 aromatic carbocycles. The Morgan fingerprint density at radius 1 is 1.24 bits per heavy atom. The zero-order valence-electron chi connectivity index (χ0n) is 14.8. The number of rotatable bonds is 7. The van der Waals surface area contributed by atoms with Gasteiger partial charge in [-0.05, 0) is 32.4 Å². The number of alkyl carbamates (subject to hydrolysis) is 1. The number of hydrogen-bond donors (Lipinski definition) is 4. The summed E-state index contributed by atoms with van der Waals surface area (Å²) in [5.74, 6) is -0.709. The maximum Gasteiger partial charge on any atom is 0.407 e. The topological polar surface area (TPSA) is 125 Å². The van der Waals surface area contributed by atoms with Gasteiger partial charge in [-0.25, -0.2) is 4.79 Å². The van der Waals surface area contributed by atoms with Crippen molar-refractivity contribution in [3.8, 4) is 5.75 Å². The number of ether oxygens (including phenoxy) is 2. The van der Waals surface area contributed by atoms with E-state index < -0.39 is 29.9 Å². The van der Waals surface area contributed by atoms with Crippen molar-refractivity contribution in [3.63, 3.8) is 0 Å². The van der Waals surface area contributed by atoms with Gasteiger partial charge in [0.1, 0.15) is 23.6 Å². The van der Waals surface area contributed by atoms with Gasteiger partial charge in [0.2, 0.25) is 0 Å². The lowest BCUT2D eigenvalue weighted by Crippen LogP contribution is -2.38. The number of carbonyl (C=O) groups is 2. The zero-order valence-corrected chi connectivity index (χ0v) is 14.8. The first-order valence-electron chi connectivity index (χ1n) is 7.75. The van der Waals surface area contributed by atoms with Crippen molar-refractivity contribution in [2.75, 3.05) is 13.7 Å². The number of methoxy groups -OCH3 is 1. The monoisotopic (exact) mass is 355 g/mol. The van der Waals surface area contributed by atoms with E-state index in [1.165, 1.54) is 25.3 Å². The summed E-state index contributed by atoms with van der Waals surface area (Å²) in [6.45, 7) is 4.92. The molecule has 0 aliphatic heterocycles. The van der Waals surface area contributed by atoms with Crippen molar-refractivity contribution in [2.24, 2.45) is 0 Å². The summed E-state index contributed by atoms with van der Waals surface area (Å²) in [7, 11) is 1.39. The lowest BCUT2D eigenvalue weighted by molar-refractivity contribution is -0.136. The van der Waals surface area contributed by atoms with Crippen LogP contribution in [0.5, 0.6) is 5.75 Å². The molecule has 0 aliphatic rings. The van der Waals surface area contributed by atoms with E-state index in [1.807, 2.05) is 0 Å². The number of aliphatic carboxylic acids is 1. The van der Waals surface area contributed by atoms with Crippen molar-refractivity contribution in [2.45, 2.75) is 45.0 Å². The number of carbonyl (C=O) groups excluding carboxylic acids is 1. The van der Waals surface area contributed by atoms with E-state index in [0.717, 1.165) is 0 Å². The Hall–Kier alpha value is -2.32. The van der Waals surface area contributed by atoms with Gasteiger partial charge in [0, 0.05) is 12.1 Å². The van der Waals surface area contributed by atoms with Gasteiger partial charge in [-0.2, -0.15) is 0 Å². The largest absolute Gasteiger partial charge is 0.496 e. The van der Waals surface area contributed by atoms with Gasteiger partial charge >= 0.3 is 12.1 Å². The van der Waals surface area contributed by atoms with Gasteiger partial charge in [0.05, 0.1) is 13.5 Å². The second kappa shape index (κ2) is 8.68. The smallest absolute Gasteiger partial charge is 0.407 e. The summed E-state index contributed by atoms with van der Waals surface area (Å²) >= 11 is 0. The average molecular weight is 355 g/mol. The third kappa shape index (κ3) is 6.98. The molecule has 0 bridgehead atoms. The van der Waals surface area contributed by atoms with E-state index in [9.17, 15) is 19.8 Å². The van der Waals surface area contributed by atoms with Gasteiger partial charge in [0.25, 0.3) is 0 Å². The standard InChI is InChI=1S/C17H25NO7/c1-17(2,3)25-16(23)18-9-12(19)15(22)11-6-5-10(8-14(20)21)13(7-11)24-4/h5-7,12,15,19,22H,8-9H2,1-4H3,(H,18,23)(H,20,21). The highest BCUT2D eigenvalue weighted by Crippen LogP contribution is 2.26. The molecule has 140 valence electrons. The van der Waals surface area contributed by atoms with Gasteiger partial charge in [0.15, 0.2) is 0 Å². The van der Waals surface area contributed by atoms with Crippen molar-refractivity contribution in [3.05, 3.63) is 29.3 Å². The van der Waals surface area contributed by atoms with Crippen LogP contribution in [0.15, 0.2) is 18.2 Å². The van der Waals surface area contributed by atoms with Crippen LogP contribution in [0.1, 0.15) is 38.0 Å². The molecule has 0 aliphatic carbocycles. The number of benzene rings is 1. The molecule has 1 amide bonds. The predicted octanol–water partition coefficient (Wildman–Crippen LogP) is 1.24. The molecule has 0 aromatic heterocycles. The first-order chi connectivity index (χ1) is 11.5. The molecule has 0 fully saturated rings. The maximum atomic E-state index is 11.6. The Labute approximate surface area is 146 Å². The van der Waals surface area contributed by atoms with Crippen LogP contribution in [0, 0.1) is 0 Å². The second-order valence-corrected chi connectivity index (χ2v) is 6.54. The van der Waals surface area contributed by atoms with Crippen LogP contribution in [0.2, 0.25) is 0 Å². The summed E-state index contributed by atoms with van der Waals surface area (Å²) in [6, 6.07) is 4.47. The molecular formula is C17H25NO7. The summed E-state index contributed by atoms with van der Waals surface area (Å²) in [6.07, 6.45) is -3.49. The summed E-state index contributed by atoms with van der Waals surface area (Å²) in [5, 5.41) is 31.5. The second-order valence-electron chi connectivity index (χ2n) is 6.54. The summed E-state index contributed by atoms with van der Waals surface area (Å²) in [4.78, 5) is 22.4. The molecule has 0 saturated heterocycles. The van der Waals surface area contributed by atoms with Crippen molar-refractivity contribution < 1.29 is 34.4 Å². The lowest BCUT2D eigenvalue weighted by atomic mass is 10.0. The number of nitrogens with one attached hydrogen (secondary N) is 1. The molecule has 8 nitrogen and oxygen atoms in total. The first-order valence-corrected chi connectivity index (χ1v) is 7.75. The van der Waals surface area contributed by atoms with Gasteiger partial charge in [-0.3, -0.25) is 4.79 Å². The van der Waals surface area contributed by atoms with Crippen LogP contribution >= 0.6 is 0 Å². The highest BCUT2D eigenvalue weighted by Gasteiger charge is 2.22. The third-order valence-electron chi connectivity index (χ3n) is 3.21. The maximum absolute atomic E-state index is 11.6. The van der Waals surface area contributed by atoms with Crippen LogP contribution in [-0.2, 0) is 16.0 Å². The first kappa shape index (κ1) is 20.7. The minimum absolute atomic E-state index is 0.213. The normalized spacial score (nSPS) is 13.7. The number of hydrogen-bond acceptors (Lipinski definition) is 6. The van der Waals surface area contributed by atoms with E-state index in [0.29, 0.717) is 16.9 Å². The van der Waals surface area contributed by atoms with E-state index in [2.05, 4.69) is 5.32 Å². The number of carboxylic acid groups (broad SMARTS) is 1. The molecule has 4 N–H and O–H groups in total. The molecule has 2 unspecified atom stereocenters. The van der Waals surface area contributed by atoms with Gasteiger partial charge in [-0.1, -0.05) is 12.1 Å². The SMILES string of the molecule is COc1cc(C(O)C(O)CNC(=O)OC(C)(C)C)ccc1CC(=O)O. The molecular weight excluding hydrogens is 330 g/mol. The summed E-state index contributed by atoms with van der Waals surface area (Å²) in [5.41, 5.74) is 0.123. The molecule has 8 heteroatoms. The fourth-order valence-corrected chi connectivity index (χ4v) is 2.09. The zero-order chi connectivity index (χ0) is 19.2. The number of aliphatic hydroxyl groups is 2. The quantitative estimate of drug-likeness (QED) is 0.580. The van der Waals surface area contributed by atoms with E-state index in [1.54, 1.807) is 20.8 Å². The molecule has 0 heterocycles. The molecule has 0 spiro atoms. The molecule has 0 radical (unpaired) electrons. The minimum Gasteiger partial charge on any atom is -0.496 e. The number of amides is 1. The van der Waals surface area contributed by atoms with Crippen LogP contribution < -0.4 is 10.1 Å². The lowest BCUT2D eigenvalue weighted by Gasteiger charge is -2.22. The van der Waals surface area contributed by atoms with E-state index in [4.69, 9.17) is 14.6 Å². The molecule has 2 atom stereocenters. The average Bonchev–Trinajstić information content (AvgIpc) is 2.50. The Kier molecular flexibility index (Phi) is 7.20. The van der Waals surface area contributed by atoms with Crippen LogP contribution in [0.4, 0.5) is 4.79 Å². The van der Waals surface area contributed by atoms with Gasteiger partial charge < -0.3 is 30.1 Å².